The number of benzene rings is 1. The number of hydrogen-bond acceptors (Lipinski definition) is 1. The SMILES string of the molecule is CCCCCCCNCc1cccn1-c1ccccc1C(F)(F)F. The Bertz CT molecular complexity index is 617. The third kappa shape index (κ3) is 5.13. The first-order valence-electron chi connectivity index (χ1n) is 8.57. The predicted octanol–water partition coefficient (Wildman–Crippen LogP) is 5.56. The summed E-state index contributed by atoms with van der Waals surface area (Å²) in [5.74, 6) is 0. The second kappa shape index (κ2) is 8.92. The molecule has 2 aromatic rings. The van der Waals surface area contributed by atoms with Crippen LogP contribution in [0.3, 0.4) is 0 Å². The fourth-order valence-electron chi connectivity index (χ4n) is 2.79. The van der Waals surface area contributed by atoms with E-state index in [1.807, 2.05) is 6.07 Å². The van der Waals surface area contributed by atoms with Gasteiger partial charge >= 0.3 is 6.18 Å². The van der Waals surface area contributed by atoms with Crippen molar-refractivity contribution in [1.29, 1.82) is 0 Å². The van der Waals surface area contributed by atoms with Gasteiger partial charge in [-0.2, -0.15) is 13.2 Å². The maximum atomic E-state index is 13.2. The molecule has 5 heteroatoms. The Balaban J connectivity index is 1.99. The maximum absolute atomic E-state index is 13.2. The van der Waals surface area contributed by atoms with Crippen molar-refractivity contribution < 1.29 is 13.2 Å². The molecule has 0 amide bonds. The van der Waals surface area contributed by atoms with Crippen molar-refractivity contribution in [3.8, 4) is 5.69 Å². The van der Waals surface area contributed by atoms with Crippen molar-refractivity contribution in [1.82, 2.24) is 9.88 Å². The van der Waals surface area contributed by atoms with Gasteiger partial charge in [-0.15, -0.1) is 0 Å². The van der Waals surface area contributed by atoms with Crippen LogP contribution in [0.2, 0.25) is 0 Å². The van der Waals surface area contributed by atoms with Gasteiger partial charge < -0.3 is 9.88 Å². The molecule has 0 spiro atoms. The molecule has 0 aliphatic heterocycles. The van der Waals surface area contributed by atoms with Crippen molar-refractivity contribution in [2.75, 3.05) is 6.54 Å². The van der Waals surface area contributed by atoms with Crippen LogP contribution < -0.4 is 5.32 Å². The summed E-state index contributed by atoms with van der Waals surface area (Å²) in [7, 11) is 0. The third-order valence-electron chi connectivity index (χ3n) is 4.07. The zero-order valence-corrected chi connectivity index (χ0v) is 14.1. The Morgan fingerprint density at radius 2 is 1.71 bits per heavy atom. The largest absolute Gasteiger partial charge is 0.418 e. The van der Waals surface area contributed by atoms with Gasteiger partial charge in [0.15, 0.2) is 0 Å². The first kappa shape index (κ1) is 18.6. The summed E-state index contributed by atoms with van der Waals surface area (Å²) in [6, 6.07) is 9.33. The number of hydrogen-bond donors (Lipinski definition) is 1. The van der Waals surface area contributed by atoms with Gasteiger partial charge in [-0.25, -0.2) is 0 Å². The van der Waals surface area contributed by atoms with Crippen LogP contribution in [0.1, 0.15) is 50.3 Å². The Hall–Kier alpha value is -1.75. The van der Waals surface area contributed by atoms with Gasteiger partial charge in [-0.05, 0) is 37.2 Å². The highest BCUT2D eigenvalue weighted by molar-refractivity contribution is 5.44. The quantitative estimate of drug-likeness (QED) is 0.593. The molecule has 24 heavy (non-hydrogen) atoms. The Morgan fingerprint density at radius 1 is 0.958 bits per heavy atom. The fourth-order valence-corrected chi connectivity index (χ4v) is 2.79. The Kier molecular flexibility index (Phi) is 6.91. The van der Waals surface area contributed by atoms with E-state index in [1.54, 1.807) is 22.9 Å². The number of nitrogens with zero attached hydrogens (tertiary/aromatic N) is 1. The van der Waals surface area contributed by atoms with Crippen LogP contribution in [-0.4, -0.2) is 11.1 Å². The second-order valence-electron chi connectivity index (χ2n) is 5.98. The van der Waals surface area contributed by atoms with Crippen molar-refractivity contribution in [3.05, 3.63) is 53.9 Å². The van der Waals surface area contributed by atoms with Gasteiger partial charge in [0.05, 0.1) is 11.3 Å². The minimum Gasteiger partial charge on any atom is -0.319 e. The normalized spacial score (nSPS) is 11.8. The van der Waals surface area contributed by atoms with E-state index in [2.05, 4.69) is 12.2 Å². The summed E-state index contributed by atoms with van der Waals surface area (Å²) in [6.45, 7) is 3.63. The van der Waals surface area contributed by atoms with Crippen molar-refractivity contribution in [2.45, 2.75) is 51.7 Å². The molecule has 2 rings (SSSR count). The van der Waals surface area contributed by atoms with E-state index < -0.39 is 11.7 Å². The van der Waals surface area contributed by atoms with Crippen molar-refractivity contribution in [2.24, 2.45) is 0 Å². The van der Waals surface area contributed by atoms with E-state index in [0.717, 1.165) is 24.7 Å². The number of rotatable bonds is 9. The van der Waals surface area contributed by atoms with Crippen LogP contribution in [0.4, 0.5) is 13.2 Å². The summed E-state index contributed by atoms with van der Waals surface area (Å²) in [6.07, 6.45) is 3.34. The summed E-state index contributed by atoms with van der Waals surface area (Å²) in [5, 5.41) is 3.33. The lowest BCUT2D eigenvalue weighted by Gasteiger charge is -2.16. The number of alkyl halides is 3. The first-order chi connectivity index (χ1) is 11.5. The number of unbranched alkanes of at least 4 members (excludes halogenated alkanes) is 4. The van der Waals surface area contributed by atoms with Crippen LogP contribution in [0.5, 0.6) is 0 Å². The van der Waals surface area contributed by atoms with E-state index in [1.165, 1.54) is 37.8 Å². The number of halogens is 3. The van der Waals surface area contributed by atoms with Crippen LogP contribution in [0.15, 0.2) is 42.6 Å². The Labute approximate surface area is 141 Å². The van der Waals surface area contributed by atoms with Gasteiger partial charge in [0.25, 0.3) is 0 Å². The number of para-hydroxylation sites is 1. The lowest BCUT2D eigenvalue weighted by molar-refractivity contribution is -0.137. The zero-order valence-electron chi connectivity index (χ0n) is 14.1. The second-order valence-corrected chi connectivity index (χ2v) is 5.98. The highest BCUT2D eigenvalue weighted by Gasteiger charge is 2.33. The molecular formula is C19H25F3N2. The molecule has 0 radical (unpaired) electrons. The molecule has 0 fully saturated rings. The van der Waals surface area contributed by atoms with Gasteiger partial charge in [0.2, 0.25) is 0 Å². The van der Waals surface area contributed by atoms with E-state index in [4.69, 9.17) is 0 Å². The maximum Gasteiger partial charge on any atom is 0.418 e. The number of nitrogens with one attached hydrogen (secondary N) is 1. The summed E-state index contributed by atoms with van der Waals surface area (Å²) >= 11 is 0. The molecule has 0 unspecified atom stereocenters. The molecule has 0 bridgehead atoms. The predicted molar refractivity (Wildman–Crippen MR) is 91.2 cm³/mol. The standard InChI is InChI=1S/C19H25F3N2/c1-2-3-4-5-8-13-23-15-16-10-9-14-24(16)18-12-7-6-11-17(18)19(20,21)22/h6-7,9-12,14,23H,2-5,8,13,15H2,1H3. The monoisotopic (exact) mass is 338 g/mol. The van der Waals surface area contributed by atoms with Gasteiger partial charge in [-0.3, -0.25) is 0 Å². The zero-order chi connectivity index (χ0) is 17.4. The molecular weight excluding hydrogens is 313 g/mol. The molecule has 2 nitrogen and oxygen atoms in total. The molecule has 0 aliphatic carbocycles. The van der Waals surface area contributed by atoms with Crippen LogP contribution in [0.25, 0.3) is 5.69 Å². The highest BCUT2D eigenvalue weighted by Crippen LogP contribution is 2.34. The summed E-state index contributed by atoms with van der Waals surface area (Å²) in [5.41, 5.74) is 0.400. The fraction of sp³-hybridized carbons (Fsp3) is 0.474. The van der Waals surface area contributed by atoms with Gasteiger partial charge in [0.1, 0.15) is 0 Å². The highest BCUT2D eigenvalue weighted by atomic mass is 19.4. The van der Waals surface area contributed by atoms with Crippen LogP contribution in [0, 0.1) is 0 Å². The summed E-state index contributed by atoms with van der Waals surface area (Å²) in [4.78, 5) is 0. The van der Waals surface area contributed by atoms with E-state index in [-0.39, 0.29) is 5.69 Å². The van der Waals surface area contributed by atoms with Crippen LogP contribution in [-0.2, 0) is 12.7 Å². The molecule has 0 saturated carbocycles. The lowest BCUT2D eigenvalue weighted by atomic mass is 10.1. The topological polar surface area (TPSA) is 17.0 Å². The number of aromatic nitrogens is 1. The minimum absolute atomic E-state index is 0.176. The average Bonchev–Trinajstić information content (AvgIpc) is 3.01. The van der Waals surface area contributed by atoms with Gasteiger partial charge in [-0.1, -0.05) is 44.7 Å². The summed E-state index contributed by atoms with van der Waals surface area (Å²) < 4.78 is 41.2. The molecule has 132 valence electrons. The molecule has 0 saturated heterocycles. The smallest absolute Gasteiger partial charge is 0.319 e. The van der Waals surface area contributed by atoms with Gasteiger partial charge in [0, 0.05) is 18.4 Å². The van der Waals surface area contributed by atoms with Crippen molar-refractivity contribution in [3.63, 3.8) is 0 Å². The molecule has 0 atom stereocenters. The lowest BCUT2D eigenvalue weighted by Crippen LogP contribution is -2.18. The van der Waals surface area contributed by atoms with Crippen LogP contribution >= 0.6 is 0 Å². The molecule has 1 aromatic heterocycles. The molecule has 1 heterocycles. The minimum atomic E-state index is -4.36. The van der Waals surface area contributed by atoms with E-state index in [9.17, 15) is 13.2 Å². The average molecular weight is 338 g/mol. The van der Waals surface area contributed by atoms with E-state index in [0.29, 0.717) is 6.54 Å². The van der Waals surface area contributed by atoms with E-state index >= 15 is 0 Å². The molecule has 1 aromatic carbocycles. The third-order valence-corrected chi connectivity index (χ3v) is 4.07. The first-order valence-corrected chi connectivity index (χ1v) is 8.57. The van der Waals surface area contributed by atoms with Crippen molar-refractivity contribution >= 4 is 0 Å². The molecule has 1 N–H and O–H groups in total. The Morgan fingerprint density at radius 3 is 2.46 bits per heavy atom. The molecule has 0 aliphatic rings.